The molecule has 0 bridgehead atoms. The molecule has 1 aliphatic heterocycles. The van der Waals surface area contributed by atoms with Crippen LogP contribution in [0.2, 0.25) is 0 Å². The normalized spacial score (nSPS) is 15.5. The Hall–Kier alpha value is -6.23. The molecular formula is C26H18N16S. The molecule has 3 N–H and O–H groups in total. The molecule has 0 amide bonds. The predicted molar refractivity (Wildman–Crippen MR) is 158 cm³/mol. The summed E-state index contributed by atoms with van der Waals surface area (Å²) in [6, 6.07) is 23.4. The Morgan fingerprint density at radius 1 is 0.744 bits per heavy atom. The lowest BCUT2D eigenvalue weighted by Gasteiger charge is -2.34. The van der Waals surface area contributed by atoms with Crippen LogP contribution in [0.4, 0.5) is 22.6 Å². The Balaban J connectivity index is 1.38. The van der Waals surface area contributed by atoms with Gasteiger partial charge in [-0.1, -0.05) is 52.1 Å². The molecule has 8 aromatic rings. The third-order valence-corrected chi connectivity index (χ3v) is 8.10. The smallest absolute Gasteiger partial charge is 0.245 e. The molecule has 6 heterocycles. The van der Waals surface area contributed by atoms with Crippen molar-refractivity contribution in [3.8, 4) is 0 Å². The zero-order valence-corrected chi connectivity index (χ0v) is 22.7. The molecule has 1 fully saturated rings. The number of anilines is 4. The van der Waals surface area contributed by atoms with Crippen LogP contribution in [0.3, 0.4) is 0 Å². The Morgan fingerprint density at radius 2 is 1.63 bits per heavy atom. The summed E-state index contributed by atoms with van der Waals surface area (Å²) in [5.41, 5.74) is 5.16. The maximum absolute atomic E-state index is 5.06. The molecule has 43 heavy (non-hydrogen) atoms. The highest BCUT2D eigenvalue weighted by Gasteiger charge is 2.51. The standard InChI is InChI=1S/C26H18N16S/c1-2-7-16-15(6-1)29-25(30-16)42-40(26-31-17-8-3-4-11-21(17)43-26)24(19-14-28-37-33-19)39(22-12-13-27-36-34-22)41(42)20-10-5-9-18-23(20)35-38-32-18/h1-14,24H,(H,29,30)(H,28,33,37)(H,32,35,38). The minimum atomic E-state index is -0.661. The van der Waals surface area contributed by atoms with E-state index in [1.54, 1.807) is 18.5 Å². The average molecular weight is 587 g/mol. The van der Waals surface area contributed by atoms with Gasteiger partial charge in [0.1, 0.15) is 16.9 Å². The first-order valence-corrected chi connectivity index (χ1v) is 13.9. The fourth-order valence-electron chi connectivity index (χ4n) is 5.26. The molecule has 17 heteroatoms. The fourth-order valence-corrected chi connectivity index (χ4v) is 6.24. The molecule has 208 valence electrons. The van der Waals surface area contributed by atoms with E-state index in [4.69, 9.17) is 9.97 Å². The predicted octanol–water partition coefficient (Wildman–Crippen LogP) is 3.53. The lowest BCUT2D eigenvalue weighted by atomic mass is 10.2. The number of nitrogens with one attached hydrogen (secondary N) is 3. The fraction of sp³-hybridized carbons (Fsp3) is 0.0385. The minimum Gasteiger partial charge on any atom is -0.321 e. The van der Waals surface area contributed by atoms with E-state index in [2.05, 4.69) is 51.2 Å². The number of benzene rings is 3. The molecule has 0 spiro atoms. The summed E-state index contributed by atoms with van der Waals surface area (Å²) in [6.45, 7) is 0. The molecule has 0 radical (unpaired) electrons. The second-order valence-corrected chi connectivity index (χ2v) is 10.6. The number of rotatable bonds is 5. The van der Waals surface area contributed by atoms with Gasteiger partial charge >= 0.3 is 0 Å². The van der Waals surface area contributed by atoms with Gasteiger partial charge in [0.05, 0.1) is 33.0 Å². The molecular weight excluding hydrogens is 568 g/mol. The number of hydrazine groups is 3. The molecule has 1 aliphatic rings. The van der Waals surface area contributed by atoms with Crippen LogP contribution < -0.4 is 20.3 Å². The van der Waals surface area contributed by atoms with Gasteiger partial charge in [0.2, 0.25) is 11.1 Å². The number of para-hydroxylation sites is 3. The van der Waals surface area contributed by atoms with Crippen molar-refractivity contribution < 1.29 is 0 Å². The van der Waals surface area contributed by atoms with Crippen molar-refractivity contribution in [3.63, 3.8) is 0 Å². The van der Waals surface area contributed by atoms with Gasteiger partial charge in [-0.15, -0.1) is 25.5 Å². The van der Waals surface area contributed by atoms with E-state index in [9.17, 15) is 0 Å². The monoisotopic (exact) mass is 586 g/mol. The van der Waals surface area contributed by atoms with Gasteiger partial charge in [-0.25, -0.2) is 20.0 Å². The summed E-state index contributed by atoms with van der Waals surface area (Å²) >= 11 is 1.54. The number of hydrogen-bond donors (Lipinski definition) is 3. The average Bonchev–Trinajstić information content (AvgIpc) is 3.88. The van der Waals surface area contributed by atoms with Gasteiger partial charge in [0.15, 0.2) is 12.0 Å². The summed E-state index contributed by atoms with van der Waals surface area (Å²) < 4.78 is 1.02. The Bertz CT molecular complexity index is 2140. The van der Waals surface area contributed by atoms with Crippen molar-refractivity contribution in [1.82, 2.24) is 61.2 Å². The van der Waals surface area contributed by atoms with Gasteiger partial charge in [-0.05, 0) is 41.6 Å². The number of H-pyrrole nitrogens is 3. The number of aromatic amines is 3. The van der Waals surface area contributed by atoms with Crippen molar-refractivity contribution in [3.05, 3.63) is 90.9 Å². The van der Waals surface area contributed by atoms with Crippen LogP contribution in [0, 0.1) is 0 Å². The van der Waals surface area contributed by atoms with Crippen LogP contribution in [0.5, 0.6) is 0 Å². The van der Waals surface area contributed by atoms with Crippen LogP contribution in [-0.4, -0.2) is 61.2 Å². The van der Waals surface area contributed by atoms with Gasteiger partial charge in [0, 0.05) is 12.3 Å². The van der Waals surface area contributed by atoms with Crippen molar-refractivity contribution in [2.45, 2.75) is 6.17 Å². The van der Waals surface area contributed by atoms with Crippen molar-refractivity contribution in [2.75, 3.05) is 20.3 Å². The molecule has 5 aromatic heterocycles. The number of nitrogens with zero attached hydrogens (tertiary/aromatic N) is 13. The summed E-state index contributed by atoms with van der Waals surface area (Å²) in [7, 11) is 0. The molecule has 16 nitrogen and oxygen atoms in total. The van der Waals surface area contributed by atoms with Crippen molar-refractivity contribution in [1.29, 1.82) is 0 Å². The van der Waals surface area contributed by atoms with E-state index < -0.39 is 6.17 Å². The van der Waals surface area contributed by atoms with Crippen LogP contribution in [0.1, 0.15) is 11.9 Å². The van der Waals surface area contributed by atoms with E-state index in [0.29, 0.717) is 33.8 Å². The van der Waals surface area contributed by atoms with Crippen LogP contribution in [0.15, 0.2) is 85.2 Å². The molecule has 9 rings (SSSR count). The second-order valence-electron chi connectivity index (χ2n) is 9.55. The maximum Gasteiger partial charge on any atom is 0.245 e. The van der Waals surface area contributed by atoms with E-state index in [1.165, 1.54) is 11.3 Å². The Labute approximate surface area is 244 Å². The van der Waals surface area contributed by atoms with Crippen LogP contribution in [-0.2, 0) is 0 Å². The highest BCUT2D eigenvalue weighted by atomic mass is 32.1. The summed E-state index contributed by atoms with van der Waals surface area (Å²) in [5.74, 6) is 0.993. The number of aromatic nitrogens is 12. The van der Waals surface area contributed by atoms with Gasteiger partial charge in [0.25, 0.3) is 0 Å². The Kier molecular flexibility index (Phi) is 4.99. The first kappa shape index (κ1) is 23.5. The van der Waals surface area contributed by atoms with E-state index in [-0.39, 0.29) is 0 Å². The third-order valence-electron chi connectivity index (χ3n) is 7.07. The Morgan fingerprint density at radius 3 is 2.47 bits per heavy atom. The first-order valence-electron chi connectivity index (χ1n) is 13.1. The summed E-state index contributed by atoms with van der Waals surface area (Å²) in [5, 5.41) is 43.6. The van der Waals surface area contributed by atoms with E-state index >= 15 is 0 Å². The van der Waals surface area contributed by atoms with Crippen molar-refractivity contribution >= 4 is 66.2 Å². The highest BCUT2D eigenvalue weighted by molar-refractivity contribution is 7.22. The first-order chi connectivity index (χ1) is 21.3. The SMILES string of the molecule is c1ccc2[nH]c(N3N(c4nc5ccccc5s4)C(c4c[nH]nn4)N(c4ccnnn4)N3c3cccc4[nH]nnc34)nc2c1. The molecule has 0 saturated carbocycles. The second kappa shape index (κ2) is 9.14. The number of fused-ring (bicyclic) bond motifs is 3. The molecule has 1 atom stereocenters. The number of hydrogen-bond acceptors (Lipinski definition) is 14. The highest BCUT2D eigenvalue weighted by Crippen LogP contribution is 2.47. The molecule has 1 unspecified atom stereocenters. The lowest BCUT2D eigenvalue weighted by molar-refractivity contribution is 0.659. The van der Waals surface area contributed by atoms with Gasteiger partial charge < -0.3 is 4.98 Å². The van der Waals surface area contributed by atoms with Crippen LogP contribution in [0.25, 0.3) is 32.3 Å². The number of imidazole rings is 1. The minimum absolute atomic E-state index is 0.480. The molecule has 3 aromatic carbocycles. The third kappa shape index (κ3) is 3.58. The largest absolute Gasteiger partial charge is 0.321 e. The lowest BCUT2D eigenvalue weighted by Crippen LogP contribution is -2.49. The van der Waals surface area contributed by atoms with Gasteiger partial charge in [-0.2, -0.15) is 5.12 Å². The number of thiazole rings is 1. The topological polar surface area (TPSA) is 176 Å². The zero-order chi connectivity index (χ0) is 28.3. The van der Waals surface area contributed by atoms with Crippen LogP contribution >= 0.6 is 11.3 Å². The molecule has 0 aliphatic carbocycles. The molecule has 1 saturated heterocycles. The maximum atomic E-state index is 5.06. The van der Waals surface area contributed by atoms with Gasteiger partial charge in [-0.3, -0.25) is 10.2 Å². The van der Waals surface area contributed by atoms with E-state index in [0.717, 1.165) is 26.8 Å². The summed E-state index contributed by atoms with van der Waals surface area (Å²) in [6.07, 6.45) is 2.67. The van der Waals surface area contributed by atoms with E-state index in [1.807, 2.05) is 87.0 Å². The summed E-state index contributed by atoms with van der Waals surface area (Å²) in [4.78, 5) is 13.6. The zero-order valence-electron chi connectivity index (χ0n) is 21.9. The quantitative estimate of drug-likeness (QED) is 0.267. The van der Waals surface area contributed by atoms with Crippen molar-refractivity contribution in [2.24, 2.45) is 0 Å².